The molecular weight excluding hydrogens is 383 g/mol. The van der Waals surface area contributed by atoms with Crippen molar-refractivity contribution >= 4 is 40.2 Å². The van der Waals surface area contributed by atoms with Gasteiger partial charge in [-0.15, -0.1) is 0 Å². The molecule has 1 saturated heterocycles. The number of hydrogen-bond donors (Lipinski definition) is 3. The smallest absolute Gasteiger partial charge is 0.337 e. The first-order valence-electron chi connectivity index (χ1n) is 7.08. The van der Waals surface area contributed by atoms with E-state index in [-0.39, 0.29) is 17.5 Å². The fourth-order valence-corrected chi connectivity index (χ4v) is 3.08. The number of aromatic carboxylic acids is 1. The first kappa shape index (κ1) is 16.2. The van der Waals surface area contributed by atoms with Crippen molar-refractivity contribution in [3.8, 4) is 0 Å². The predicted molar refractivity (Wildman–Crippen MR) is 89.6 cm³/mol. The number of carbonyl (C=O) groups excluding carboxylic acids is 1. The maximum absolute atomic E-state index is 12.3. The Bertz CT molecular complexity index is 548. The van der Waals surface area contributed by atoms with E-state index in [9.17, 15) is 14.7 Å². The van der Waals surface area contributed by atoms with Crippen molar-refractivity contribution < 1.29 is 14.7 Å². The molecule has 1 amide bonds. The van der Waals surface area contributed by atoms with Gasteiger partial charge < -0.3 is 15.7 Å². The van der Waals surface area contributed by atoms with Crippen molar-refractivity contribution in [2.24, 2.45) is 5.92 Å². The van der Waals surface area contributed by atoms with Gasteiger partial charge in [0, 0.05) is 3.57 Å². The Kier molecular flexibility index (Phi) is 5.58. The van der Waals surface area contributed by atoms with Gasteiger partial charge in [-0.05, 0) is 66.1 Å². The van der Waals surface area contributed by atoms with Crippen LogP contribution in [-0.4, -0.2) is 29.6 Å². The minimum absolute atomic E-state index is 0.123. The van der Waals surface area contributed by atoms with Crippen molar-refractivity contribution in [3.05, 3.63) is 27.3 Å². The van der Waals surface area contributed by atoms with Gasteiger partial charge in [0.2, 0.25) is 5.91 Å². The molecule has 6 heteroatoms. The van der Waals surface area contributed by atoms with Crippen molar-refractivity contribution in [2.75, 3.05) is 11.9 Å². The molecule has 2 unspecified atom stereocenters. The minimum Gasteiger partial charge on any atom is -0.478 e. The van der Waals surface area contributed by atoms with E-state index < -0.39 is 5.97 Å². The van der Waals surface area contributed by atoms with E-state index in [1.165, 1.54) is 0 Å². The molecule has 1 aromatic rings. The molecule has 1 aliphatic heterocycles. The molecule has 0 radical (unpaired) electrons. The number of rotatable bonds is 4. The zero-order valence-electron chi connectivity index (χ0n) is 11.9. The number of carbonyl (C=O) groups is 2. The van der Waals surface area contributed by atoms with Crippen LogP contribution >= 0.6 is 22.6 Å². The fraction of sp³-hybridized carbons (Fsp3) is 0.467. The molecule has 0 aromatic heterocycles. The molecule has 3 N–H and O–H groups in total. The quantitative estimate of drug-likeness (QED) is 0.677. The Hall–Kier alpha value is -1.15. The molecule has 0 spiro atoms. The van der Waals surface area contributed by atoms with E-state index in [4.69, 9.17) is 0 Å². The highest BCUT2D eigenvalue weighted by Gasteiger charge is 2.26. The summed E-state index contributed by atoms with van der Waals surface area (Å²) in [5.74, 6) is -0.638. The van der Waals surface area contributed by atoms with E-state index in [0.717, 1.165) is 29.4 Å². The van der Waals surface area contributed by atoms with Gasteiger partial charge in [0.25, 0.3) is 0 Å². The van der Waals surface area contributed by atoms with Gasteiger partial charge in [-0.25, -0.2) is 4.79 Å². The number of halogens is 1. The third-order valence-electron chi connectivity index (χ3n) is 3.88. The monoisotopic (exact) mass is 402 g/mol. The Morgan fingerprint density at radius 2 is 2.24 bits per heavy atom. The normalized spacial score (nSPS) is 21.8. The molecule has 114 valence electrons. The average Bonchev–Trinajstić information content (AvgIpc) is 2.48. The lowest BCUT2D eigenvalue weighted by molar-refractivity contribution is -0.119. The van der Waals surface area contributed by atoms with E-state index in [2.05, 4.69) is 40.1 Å². The average molecular weight is 402 g/mol. The molecule has 1 aliphatic rings. The van der Waals surface area contributed by atoms with Crippen LogP contribution in [0.25, 0.3) is 0 Å². The summed E-state index contributed by atoms with van der Waals surface area (Å²) in [4.78, 5) is 23.6. The minimum atomic E-state index is -1.04. The van der Waals surface area contributed by atoms with Crippen molar-refractivity contribution in [2.45, 2.75) is 32.2 Å². The number of piperidine rings is 1. The van der Waals surface area contributed by atoms with Gasteiger partial charge in [0.05, 0.1) is 17.3 Å². The van der Waals surface area contributed by atoms with E-state index in [1.807, 2.05) is 0 Å². The zero-order chi connectivity index (χ0) is 15.4. The Morgan fingerprint density at radius 1 is 1.48 bits per heavy atom. The second-order valence-corrected chi connectivity index (χ2v) is 6.54. The molecule has 2 rings (SSSR count). The summed E-state index contributed by atoms with van der Waals surface area (Å²) in [6.45, 7) is 2.96. The standard InChI is InChI=1S/C15H19IN2O3/c1-2-9-5-6-17-13(7-9)14(19)18-12-4-3-10(16)8-11(12)15(20)21/h3-4,8-9,13,17H,2,5-7H2,1H3,(H,18,19)(H,20,21). The van der Waals surface area contributed by atoms with Crippen molar-refractivity contribution in [1.82, 2.24) is 5.32 Å². The first-order valence-corrected chi connectivity index (χ1v) is 8.16. The van der Waals surface area contributed by atoms with Gasteiger partial charge in [-0.2, -0.15) is 0 Å². The van der Waals surface area contributed by atoms with Gasteiger partial charge in [0.1, 0.15) is 0 Å². The third kappa shape index (κ3) is 4.16. The molecule has 1 heterocycles. The molecule has 5 nitrogen and oxygen atoms in total. The third-order valence-corrected chi connectivity index (χ3v) is 4.55. The number of nitrogens with one attached hydrogen (secondary N) is 2. The van der Waals surface area contributed by atoms with E-state index in [0.29, 0.717) is 11.6 Å². The number of carboxylic acids is 1. The Morgan fingerprint density at radius 3 is 2.90 bits per heavy atom. The lowest BCUT2D eigenvalue weighted by atomic mass is 9.90. The Labute approximate surface area is 137 Å². The van der Waals surface area contributed by atoms with Crippen LogP contribution in [0, 0.1) is 9.49 Å². The summed E-state index contributed by atoms with van der Waals surface area (Å²) in [6, 6.07) is 4.74. The molecule has 0 saturated carbocycles. The first-order chi connectivity index (χ1) is 10.0. The highest BCUT2D eigenvalue weighted by atomic mass is 127. The lowest BCUT2D eigenvalue weighted by Crippen LogP contribution is -2.46. The summed E-state index contributed by atoms with van der Waals surface area (Å²) >= 11 is 2.05. The van der Waals surface area contributed by atoms with Crippen LogP contribution in [0.3, 0.4) is 0 Å². The van der Waals surface area contributed by atoms with Gasteiger partial charge in [-0.1, -0.05) is 13.3 Å². The second kappa shape index (κ2) is 7.22. The predicted octanol–water partition coefficient (Wildman–Crippen LogP) is 2.71. The maximum Gasteiger partial charge on any atom is 0.337 e. The van der Waals surface area contributed by atoms with Crippen LogP contribution in [0.4, 0.5) is 5.69 Å². The maximum atomic E-state index is 12.3. The molecule has 1 fully saturated rings. The lowest BCUT2D eigenvalue weighted by Gasteiger charge is -2.29. The molecular formula is C15H19IN2O3. The molecule has 0 bridgehead atoms. The van der Waals surface area contributed by atoms with Gasteiger partial charge in [-0.3, -0.25) is 4.79 Å². The molecule has 21 heavy (non-hydrogen) atoms. The number of hydrogen-bond acceptors (Lipinski definition) is 3. The van der Waals surface area contributed by atoms with Crippen LogP contribution in [-0.2, 0) is 4.79 Å². The summed E-state index contributed by atoms with van der Waals surface area (Å²) in [5, 5.41) is 15.2. The van der Waals surface area contributed by atoms with E-state index >= 15 is 0 Å². The van der Waals surface area contributed by atoms with Gasteiger partial charge in [0.15, 0.2) is 0 Å². The topological polar surface area (TPSA) is 78.4 Å². The highest BCUT2D eigenvalue weighted by molar-refractivity contribution is 14.1. The zero-order valence-corrected chi connectivity index (χ0v) is 14.0. The Balaban J connectivity index is 2.11. The summed E-state index contributed by atoms with van der Waals surface area (Å²) in [5.41, 5.74) is 0.478. The van der Waals surface area contributed by atoms with Crippen LogP contribution in [0.15, 0.2) is 18.2 Å². The summed E-state index contributed by atoms with van der Waals surface area (Å²) in [6.07, 6.45) is 2.95. The highest BCUT2D eigenvalue weighted by Crippen LogP contribution is 2.22. The van der Waals surface area contributed by atoms with Crippen LogP contribution in [0.1, 0.15) is 36.5 Å². The molecule has 2 atom stereocenters. The summed E-state index contributed by atoms with van der Waals surface area (Å²) < 4.78 is 0.824. The van der Waals surface area contributed by atoms with Gasteiger partial charge >= 0.3 is 5.97 Å². The van der Waals surface area contributed by atoms with E-state index in [1.54, 1.807) is 18.2 Å². The second-order valence-electron chi connectivity index (χ2n) is 5.29. The van der Waals surface area contributed by atoms with Crippen LogP contribution in [0.5, 0.6) is 0 Å². The molecule has 1 aromatic carbocycles. The number of benzene rings is 1. The fourth-order valence-electron chi connectivity index (χ4n) is 2.59. The number of carboxylic acid groups (broad SMARTS) is 1. The number of amides is 1. The van der Waals surface area contributed by atoms with Crippen molar-refractivity contribution in [1.29, 1.82) is 0 Å². The molecule has 0 aliphatic carbocycles. The van der Waals surface area contributed by atoms with Crippen LogP contribution in [0.2, 0.25) is 0 Å². The number of anilines is 1. The largest absolute Gasteiger partial charge is 0.478 e. The summed E-state index contributed by atoms with van der Waals surface area (Å²) in [7, 11) is 0. The SMILES string of the molecule is CCC1CCNC(C(=O)Nc2ccc(I)cc2C(=O)O)C1. The van der Waals surface area contributed by atoms with Crippen LogP contribution < -0.4 is 10.6 Å². The van der Waals surface area contributed by atoms with Crippen molar-refractivity contribution in [3.63, 3.8) is 0 Å².